The molecule has 0 aromatic heterocycles. The van der Waals surface area contributed by atoms with Crippen molar-refractivity contribution in [3.8, 4) is 0 Å². The predicted molar refractivity (Wildman–Crippen MR) is 112 cm³/mol. The number of carbonyl (C=O) groups is 2. The van der Waals surface area contributed by atoms with Crippen LogP contribution in [0.15, 0.2) is 24.3 Å². The molecule has 0 saturated carbocycles. The van der Waals surface area contributed by atoms with Crippen molar-refractivity contribution >= 4 is 11.9 Å². The molecule has 7 nitrogen and oxygen atoms in total. The zero-order valence-corrected chi connectivity index (χ0v) is 18.8. The summed E-state index contributed by atoms with van der Waals surface area (Å²) >= 11 is 0. The molecule has 1 aliphatic carbocycles. The van der Waals surface area contributed by atoms with Gasteiger partial charge in [0.25, 0.3) is 0 Å². The Bertz CT molecular complexity index is 694. The zero-order chi connectivity index (χ0) is 22.7. The summed E-state index contributed by atoms with van der Waals surface area (Å²) in [7, 11) is 1.32. The fraction of sp³-hybridized carbons (Fsp3) is 0.739. The van der Waals surface area contributed by atoms with E-state index in [0.717, 1.165) is 0 Å². The van der Waals surface area contributed by atoms with Crippen molar-refractivity contribution < 1.29 is 34.0 Å². The van der Waals surface area contributed by atoms with Gasteiger partial charge in [-0.2, -0.15) is 0 Å². The van der Waals surface area contributed by atoms with Gasteiger partial charge >= 0.3 is 11.9 Å². The number of esters is 2. The van der Waals surface area contributed by atoms with Gasteiger partial charge in [-0.25, -0.2) is 4.79 Å². The topological polar surface area (TPSA) is 106 Å². The predicted octanol–water partition coefficient (Wildman–Crippen LogP) is 2.83. The summed E-state index contributed by atoms with van der Waals surface area (Å²) in [4.78, 5) is 23.7. The fourth-order valence-electron chi connectivity index (χ4n) is 4.14. The Balaban J connectivity index is 2.30. The molecular weight excluding hydrogens is 388 g/mol. The molecule has 1 saturated heterocycles. The van der Waals surface area contributed by atoms with Crippen molar-refractivity contribution in [2.75, 3.05) is 7.11 Å². The molecule has 0 aromatic rings. The first-order chi connectivity index (χ1) is 13.8. The Morgan fingerprint density at radius 2 is 1.83 bits per heavy atom. The molecule has 0 spiro atoms. The van der Waals surface area contributed by atoms with E-state index in [1.54, 1.807) is 19.9 Å². The van der Waals surface area contributed by atoms with Crippen molar-refractivity contribution in [2.45, 2.75) is 95.2 Å². The zero-order valence-electron chi connectivity index (χ0n) is 18.8. The lowest BCUT2D eigenvalue weighted by Gasteiger charge is -2.35. The van der Waals surface area contributed by atoms with Gasteiger partial charge in [0.05, 0.1) is 30.0 Å². The van der Waals surface area contributed by atoms with Crippen molar-refractivity contribution in [3.05, 3.63) is 24.3 Å². The van der Waals surface area contributed by atoms with Gasteiger partial charge in [0.2, 0.25) is 0 Å². The fourth-order valence-corrected chi connectivity index (χ4v) is 4.14. The van der Waals surface area contributed by atoms with Crippen LogP contribution in [0.2, 0.25) is 0 Å². The van der Waals surface area contributed by atoms with Crippen LogP contribution < -0.4 is 0 Å². The van der Waals surface area contributed by atoms with Gasteiger partial charge in [0.15, 0.2) is 0 Å². The first kappa shape index (κ1) is 24.6. The second kappa shape index (κ2) is 9.20. The number of rotatable bonds is 3. The Kier molecular flexibility index (Phi) is 7.54. The van der Waals surface area contributed by atoms with E-state index in [9.17, 15) is 19.8 Å². The number of methoxy groups -OCH3 is 1. The van der Waals surface area contributed by atoms with Crippen LogP contribution in [0, 0.1) is 5.92 Å². The monoisotopic (exact) mass is 424 g/mol. The van der Waals surface area contributed by atoms with Crippen LogP contribution in [0.4, 0.5) is 0 Å². The minimum atomic E-state index is -1.34. The highest BCUT2D eigenvalue weighted by molar-refractivity contribution is 5.88. The lowest BCUT2D eigenvalue weighted by atomic mass is 9.80. The van der Waals surface area contributed by atoms with E-state index >= 15 is 0 Å². The maximum atomic E-state index is 12.1. The number of ether oxygens (including phenoxy) is 3. The summed E-state index contributed by atoms with van der Waals surface area (Å²) < 4.78 is 16.2. The molecule has 7 heteroatoms. The van der Waals surface area contributed by atoms with E-state index in [0.29, 0.717) is 37.7 Å². The SMILES string of the molecule is C=C(C(=O)OC)[C@@H]1CC[C@@](C)(O)[C@@H](OC(C)=O)CC[C@](C)(O)/C=C/C[C@]2(C)O[C@H]2C1. The third kappa shape index (κ3) is 6.40. The summed E-state index contributed by atoms with van der Waals surface area (Å²) in [6.07, 6.45) is 5.35. The lowest BCUT2D eigenvalue weighted by molar-refractivity contribution is -0.164. The van der Waals surface area contributed by atoms with Crippen LogP contribution in [0.3, 0.4) is 0 Å². The second-order valence-electron chi connectivity index (χ2n) is 9.36. The molecule has 0 radical (unpaired) electrons. The van der Waals surface area contributed by atoms with E-state index < -0.39 is 29.2 Å². The number of fused-ring (bicyclic) bond motifs is 1. The van der Waals surface area contributed by atoms with Crippen LogP contribution in [0.1, 0.15) is 66.2 Å². The average Bonchev–Trinajstić information content (AvgIpc) is 3.28. The van der Waals surface area contributed by atoms with Crippen LogP contribution in [0.25, 0.3) is 0 Å². The first-order valence-electron chi connectivity index (χ1n) is 10.5. The largest absolute Gasteiger partial charge is 0.466 e. The summed E-state index contributed by atoms with van der Waals surface area (Å²) in [5, 5.41) is 21.8. The Morgan fingerprint density at radius 1 is 1.17 bits per heavy atom. The van der Waals surface area contributed by atoms with Crippen LogP contribution in [-0.4, -0.2) is 58.3 Å². The normalized spacial score (nSPS) is 41.0. The van der Waals surface area contributed by atoms with Gasteiger partial charge in [-0.05, 0) is 65.2 Å². The quantitative estimate of drug-likeness (QED) is 0.311. The van der Waals surface area contributed by atoms with Crippen LogP contribution in [-0.2, 0) is 23.8 Å². The van der Waals surface area contributed by atoms with Gasteiger partial charge in [0, 0.05) is 12.5 Å². The molecule has 2 rings (SSSR count). The molecule has 30 heavy (non-hydrogen) atoms. The van der Waals surface area contributed by atoms with Gasteiger partial charge in [0.1, 0.15) is 6.10 Å². The second-order valence-corrected chi connectivity index (χ2v) is 9.36. The molecule has 0 bridgehead atoms. The standard InChI is InChI=1S/C23H36O7/c1-15(20(25)28-6)17-8-13-22(4,27)18(29-16(2)24)9-12-21(3,26)10-7-11-23(5)19(14-17)30-23/h7,10,17-19,26-27H,1,8-9,11-14H2,2-6H3/b10-7+/t17-,18+,19+,21-,22-,23+/m1/s1. The van der Waals surface area contributed by atoms with E-state index in [1.807, 2.05) is 13.0 Å². The van der Waals surface area contributed by atoms with Crippen molar-refractivity contribution in [2.24, 2.45) is 5.92 Å². The Labute approximate surface area is 179 Å². The number of epoxide rings is 1. The molecule has 170 valence electrons. The third-order valence-electron chi connectivity index (χ3n) is 6.39. The number of carbonyl (C=O) groups excluding carboxylic acids is 2. The van der Waals surface area contributed by atoms with Gasteiger partial charge in [-0.1, -0.05) is 18.7 Å². The smallest absolute Gasteiger partial charge is 0.333 e. The summed E-state index contributed by atoms with van der Waals surface area (Å²) in [5.41, 5.74) is -2.44. The Hall–Kier alpha value is -1.70. The summed E-state index contributed by atoms with van der Waals surface area (Å²) in [6, 6.07) is 0. The molecule has 2 aliphatic rings. The number of aliphatic hydroxyl groups is 2. The Morgan fingerprint density at radius 3 is 2.43 bits per heavy atom. The van der Waals surface area contributed by atoms with E-state index in [-0.39, 0.29) is 24.0 Å². The van der Waals surface area contributed by atoms with E-state index in [4.69, 9.17) is 14.2 Å². The average molecular weight is 425 g/mol. The maximum absolute atomic E-state index is 12.1. The minimum Gasteiger partial charge on any atom is -0.466 e. The molecule has 1 aliphatic heterocycles. The molecule has 6 atom stereocenters. The third-order valence-corrected chi connectivity index (χ3v) is 6.39. The minimum absolute atomic E-state index is 0.0596. The van der Waals surface area contributed by atoms with Gasteiger partial charge < -0.3 is 24.4 Å². The molecule has 0 aromatic carbocycles. The molecule has 0 unspecified atom stereocenters. The maximum Gasteiger partial charge on any atom is 0.333 e. The van der Waals surface area contributed by atoms with Crippen molar-refractivity contribution in [1.82, 2.24) is 0 Å². The van der Waals surface area contributed by atoms with Gasteiger partial charge in [-0.15, -0.1) is 0 Å². The molecule has 2 N–H and O–H groups in total. The summed E-state index contributed by atoms with van der Waals surface area (Å²) in [6.45, 7) is 10.5. The first-order valence-corrected chi connectivity index (χ1v) is 10.5. The van der Waals surface area contributed by atoms with E-state index in [2.05, 4.69) is 6.58 Å². The van der Waals surface area contributed by atoms with Gasteiger partial charge in [-0.3, -0.25) is 4.79 Å². The van der Waals surface area contributed by atoms with Crippen molar-refractivity contribution in [1.29, 1.82) is 0 Å². The van der Waals surface area contributed by atoms with Crippen molar-refractivity contribution in [3.63, 3.8) is 0 Å². The summed E-state index contributed by atoms with van der Waals surface area (Å²) in [5.74, 6) is -1.20. The number of hydrogen-bond donors (Lipinski definition) is 2. The van der Waals surface area contributed by atoms with E-state index in [1.165, 1.54) is 14.0 Å². The lowest BCUT2D eigenvalue weighted by Crippen LogP contribution is -2.43. The highest BCUT2D eigenvalue weighted by Gasteiger charge is 2.52. The molecule has 1 heterocycles. The number of hydrogen-bond acceptors (Lipinski definition) is 7. The molecule has 1 fully saturated rings. The molecule has 0 amide bonds. The van der Waals surface area contributed by atoms with Crippen LogP contribution >= 0.6 is 0 Å². The van der Waals surface area contributed by atoms with Crippen LogP contribution in [0.5, 0.6) is 0 Å². The highest BCUT2D eigenvalue weighted by atomic mass is 16.6. The highest BCUT2D eigenvalue weighted by Crippen LogP contribution is 2.45. The molecular formula is C23H36O7.